The van der Waals surface area contributed by atoms with Crippen LogP contribution in [0.2, 0.25) is 0 Å². The average molecular weight is 416 g/mol. The summed E-state index contributed by atoms with van der Waals surface area (Å²) in [5.41, 5.74) is 6.59. The topological polar surface area (TPSA) is 101 Å². The SMILES string of the molecule is NC(=O)CCNC(=O)c1ccccc1NC(=O)/C=C/c1ccccc1Br. The minimum atomic E-state index is -0.496. The normalized spacial score (nSPS) is 10.5. The molecule has 0 radical (unpaired) electrons. The molecule has 0 heterocycles. The molecule has 26 heavy (non-hydrogen) atoms. The van der Waals surface area contributed by atoms with Gasteiger partial charge in [0.2, 0.25) is 11.8 Å². The number of benzene rings is 2. The quantitative estimate of drug-likeness (QED) is 0.605. The van der Waals surface area contributed by atoms with Crippen molar-refractivity contribution in [2.24, 2.45) is 5.73 Å². The molecule has 0 saturated heterocycles. The van der Waals surface area contributed by atoms with E-state index in [4.69, 9.17) is 5.73 Å². The van der Waals surface area contributed by atoms with Crippen molar-refractivity contribution in [3.05, 3.63) is 70.2 Å². The molecule has 7 heteroatoms. The Bertz CT molecular complexity index is 849. The van der Waals surface area contributed by atoms with Gasteiger partial charge in [0.05, 0.1) is 11.3 Å². The monoisotopic (exact) mass is 415 g/mol. The van der Waals surface area contributed by atoms with Crippen LogP contribution in [0.5, 0.6) is 0 Å². The van der Waals surface area contributed by atoms with Gasteiger partial charge < -0.3 is 16.4 Å². The summed E-state index contributed by atoms with van der Waals surface area (Å²) in [6, 6.07) is 14.1. The van der Waals surface area contributed by atoms with Gasteiger partial charge in [-0.1, -0.05) is 46.3 Å². The first kappa shape index (κ1) is 19.4. The van der Waals surface area contributed by atoms with Gasteiger partial charge in [-0.25, -0.2) is 0 Å². The number of para-hydroxylation sites is 1. The number of hydrogen-bond donors (Lipinski definition) is 3. The van der Waals surface area contributed by atoms with Crippen molar-refractivity contribution in [2.45, 2.75) is 6.42 Å². The molecule has 0 saturated carbocycles. The van der Waals surface area contributed by atoms with Crippen molar-refractivity contribution in [1.82, 2.24) is 5.32 Å². The second-order valence-corrected chi connectivity index (χ2v) is 6.22. The van der Waals surface area contributed by atoms with Crippen LogP contribution in [0.1, 0.15) is 22.3 Å². The first-order valence-electron chi connectivity index (χ1n) is 7.86. The molecule has 0 spiro atoms. The summed E-state index contributed by atoms with van der Waals surface area (Å²) >= 11 is 3.41. The maximum absolute atomic E-state index is 12.2. The number of nitrogens with two attached hydrogens (primary N) is 1. The van der Waals surface area contributed by atoms with E-state index in [9.17, 15) is 14.4 Å². The molecule has 2 rings (SSSR count). The van der Waals surface area contributed by atoms with Crippen LogP contribution in [0.4, 0.5) is 5.69 Å². The summed E-state index contributed by atoms with van der Waals surface area (Å²) in [5.74, 6) is -1.25. The summed E-state index contributed by atoms with van der Waals surface area (Å²) in [7, 11) is 0. The molecule has 0 atom stereocenters. The highest BCUT2D eigenvalue weighted by Crippen LogP contribution is 2.18. The molecular weight excluding hydrogens is 398 g/mol. The lowest BCUT2D eigenvalue weighted by Gasteiger charge is -2.10. The number of nitrogens with one attached hydrogen (secondary N) is 2. The highest BCUT2D eigenvalue weighted by Gasteiger charge is 2.12. The second kappa shape index (κ2) is 9.53. The van der Waals surface area contributed by atoms with Gasteiger partial charge in [-0.2, -0.15) is 0 Å². The van der Waals surface area contributed by atoms with Crippen LogP contribution >= 0.6 is 15.9 Å². The van der Waals surface area contributed by atoms with E-state index < -0.39 is 11.8 Å². The van der Waals surface area contributed by atoms with Crippen LogP contribution in [0.25, 0.3) is 6.08 Å². The van der Waals surface area contributed by atoms with E-state index in [0.29, 0.717) is 11.3 Å². The molecule has 0 aliphatic rings. The lowest BCUT2D eigenvalue weighted by Crippen LogP contribution is -2.28. The van der Waals surface area contributed by atoms with Gasteiger partial charge >= 0.3 is 0 Å². The standard InChI is InChI=1S/C19H18BrN3O3/c20-15-7-3-1-5-13(15)9-10-18(25)23-16-8-4-2-6-14(16)19(26)22-12-11-17(21)24/h1-10H,11-12H2,(H2,21,24)(H,22,26)(H,23,25)/b10-9+. The van der Waals surface area contributed by atoms with Crippen molar-refractivity contribution < 1.29 is 14.4 Å². The third kappa shape index (κ3) is 5.86. The maximum Gasteiger partial charge on any atom is 0.253 e. The Labute approximate surface area is 159 Å². The third-order valence-corrected chi connectivity index (χ3v) is 4.13. The minimum Gasteiger partial charge on any atom is -0.370 e. The molecule has 2 aromatic rings. The average Bonchev–Trinajstić information content (AvgIpc) is 2.61. The predicted octanol–water partition coefficient (Wildman–Crippen LogP) is 2.71. The number of amides is 3. The summed E-state index contributed by atoms with van der Waals surface area (Å²) in [6.45, 7) is 0.137. The highest BCUT2D eigenvalue weighted by atomic mass is 79.9. The van der Waals surface area contributed by atoms with Gasteiger partial charge in [-0.3, -0.25) is 14.4 Å². The zero-order chi connectivity index (χ0) is 18.9. The highest BCUT2D eigenvalue weighted by molar-refractivity contribution is 9.10. The smallest absolute Gasteiger partial charge is 0.253 e. The van der Waals surface area contributed by atoms with E-state index in [0.717, 1.165) is 10.0 Å². The Hall–Kier alpha value is -2.93. The molecule has 0 unspecified atom stereocenters. The maximum atomic E-state index is 12.2. The van der Waals surface area contributed by atoms with Gasteiger partial charge in [-0.05, 0) is 29.8 Å². The van der Waals surface area contributed by atoms with Crippen molar-refractivity contribution in [3.63, 3.8) is 0 Å². The van der Waals surface area contributed by atoms with E-state index in [1.807, 2.05) is 24.3 Å². The van der Waals surface area contributed by atoms with Gasteiger partial charge in [0.25, 0.3) is 5.91 Å². The van der Waals surface area contributed by atoms with Crippen LogP contribution in [-0.2, 0) is 9.59 Å². The Morgan fingerprint density at radius 3 is 2.46 bits per heavy atom. The number of carbonyl (C=O) groups is 3. The largest absolute Gasteiger partial charge is 0.370 e. The van der Waals surface area contributed by atoms with E-state index in [-0.39, 0.29) is 18.9 Å². The summed E-state index contributed by atoms with van der Waals surface area (Å²) in [5, 5.41) is 5.28. The number of carbonyl (C=O) groups excluding carboxylic acids is 3. The van der Waals surface area contributed by atoms with Crippen molar-refractivity contribution in [3.8, 4) is 0 Å². The zero-order valence-electron chi connectivity index (χ0n) is 13.9. The predicted molar refractivity (Wildman–Crippen MR) is 104 cm³/mol. The lowest BCUT2D eigenvalue weighted by atomic mass is 10.1. The van der Waals surface area contributed by atoms with Gasteiger partial charge in [0, 0.05) is 23.5 Å². The molecule has 4 N–H and O–H groups in total. The molecular formula is C19H18BrN3O3. The summed E-state index contributed by atoms with van der Waals surface area (Å²) < 4.78 is 0.873. The van der Waals surface area contributed by atoms with E-state index >= 15 is 0 Å². The number of anilines is 1. The van der Waals surface area contributed by atoms with Gasteiger partial charge in [-0.15, -0.1) is 0 Å². The first-order chi connectivity index (χ1) is 12.5. The molecule has 6 nitrogen and oxygen atoms in total. The summed E-state index contributed by atoms with van der Waals surface area (Å²) in [6.07, 6.45) is 3.12. The van der Waals surface area contributed by atoms with Crippen LogP contribution in [0.3, 0.4) is 0 Å². The van der Waals surface area contributed by atoms with Crippen LogP contribution < -0.4 is 16.4 Å². The Morgan fingerprint density at radius 1 is 1.04 bits per heavy atom. The van der Waals surface area contributed by atoms with Gasteiger partial charge in [0.1, 0.15) is 0 Å². The van der Waals surface area contributed by atoms with E-state index in [2.05, 4.69) is 26.6 Å². The number of hydrogen-bond acceptors (Lipinski definition) is 3. The fourth-order valence-electron chi connectivity index (χ4n) is 2.13. The molecule has 0 fully saturated rings. The van der Waals surface area contributed by atoms with Gasteiger partial charge in [0.15, 0.2) is 0 Å². The fraction of sp³-hybridized carbons (Fsp3) is 0.105. The van der Waals surface area contributed by atoms with Crippen LogP contribution in [0.15, 0.2) is 59.1 Å². The Kier molecular flexibility index (Phi) is 7.11. The van der Waals surface area contributed by atoms with Crippen molar-refractivity contribution in [1.29, 1.82) is 0 Å². The first-order valence-corrected chi connectivity index (χ1v) is 8.66. The molecule has 2 aromatic carbocycles. The van der Waals surface area contributed by atoms with E-state index in [1.54, 1.807) is 30.3 Å². The number of primary amides is 1. The fourth-order valence-corrected chi connectivity index (χ4v) is 2.55. The third-order valence-electron chi connectivity index (χ3n) is 3.41. The zero-order valence-corrected chi connectivity index (χ0v) is 15.5. The lowest BCUT2D eigenvalue weighted by molar-refractivity contribution is -0.118. The van der Waals surface area contributed by atoms with Crippen molar-refractivity contribution in [2.75, 3.05) is 11.9 Å². The Morgan fingerprint density at radius 2 is 1.73 bits per heavy atom. The van der Waals surface area contributed by atoms with E-state index in [1.165, 1.54) is 6.08 Å². The molecule has 134 valence electrons. The molecule has 3 amide bonds. The molecule has 0 aromatic heterocycles. The van der Waals surface area contributed by atoms with Crippen LogP contribution in [-0.4, -0.2) is 24.3 Å². The molecule has 0 aliphatic carbocycles. The Balaban J connectivity index is 2.05. The minimum absolute atomic E-state index is 0.0506. The molecule has 0 aliphatic heterocycles. The van der Waals surface area contributed by atoms with Crippen LogP contribution in [0, 0.1) is 0 Å². The molecule has 0 bridgehead atoms. The number of rotatable bonds is 7. The number of halogens is 1. The van der Waals surface area contributed by atoms with Crippen molar-refractivity contribution >= 4 is 45.4 Å². The second-order valence-electron chi connectivity index (χ2n) is 5.36. The summed E-state index contributed by atoms with van der Waals surface area (Å²) in [4.78, 5) is 35.1.